The van der Waals surface area contributed by atoms with Crippen LogP contribution in [0.25, 0.3) is 0 Å². The molecule has 0 radical (unpaired) electrons. The highest BCUT2D eigenvalue weighted by molar-refractivity contribution is 5.98. The van der Waals surface area contributed by atoms with Crippen molar-refractivity contribution in [1.82, 2.24) is 0 Å². The van der Waals surface area contributed by atoms with Crippen LogP contribution in [0.2, 0.25) is 0 Å². The van der Waals surface area contributed by atoms with Gasteiger partial charge in [-0.3, -0.25) is 9.59 Å². The van der Waals surface area contributed by atoms with E-state index < -0.39 is 0 Å². The van der Waals surface area contributed by atoms with Crippen LogP contribution in [0.4, 0.5) is 0 Å². The van der Waals surface area contributed by atoms with Crippen LogP contribution in [0.5, 0.6) is 0 Å². The van der Waals surface area contributed by atoms with Crippen molar-refractivity contribution in [2.24, 2.45) is 56.7 Å². The number of allylic oxidation sites excluding steroid dienone is 2. The van der Waals surface area contributed by atoms with Gasteiger partial charge in [-0.2, -0.15) is 0 Å². The molecule has 0 saturated heterocycles. The highest BCUT2D eigenvalue weighted by atomic mass is 16.1. The fraction of sp³-hybridized carbons (Fsp3) is 0.875. The molecule has 1 unspecified atom stereocenters. The van der Waals surface area contributed by atoms with E-state index in [1.807, 2.05) is 0 Å². The van der Waals surface area contributed by atoms with E-state index in [-0.39, 0.29) is 39.3 Å². The van der Waals surface area contributed by atoms with Crippen LogP contribution in [0.15, 0.2) is 11.6 Å². The van der Waals surface area contributed by atoms with E-state index in [0.717, 1.165) is 6.42 Å². The third-order valence-corrected chi connectivity index (χ3v) is 12.4. The largest absolute Gasteiger partial charge is 0.299 e. The minimum atomic E-state index is -0.0935. The first kappa shape index (κ1) is 26.2. The Bertz CT molecular complexity index is 887. The van der Waals surface area contributed by atoms with E-state index in [2.05, 4.69) is 75.3 Å². The van der Waals surface area contributed by atoms with Gasteiger partial charge in [0.15, 0.2) is 5.78 Å². The van der Waals surface area contributed by atoms with Crippen LogP contribution < -0.4 is 0 Å². The maximum absolute atomic E-state index is 13.5. The van der Waals surface area contributed by atoms with Crippen LogP contribution in [0.1, 0.15) is 121 Å². The lowest BCUT2D eigenvalue weighted by molar-refractivity contribution is -0.143. The van der Waals surface area contributed by atoms with Gasteiger partial charge in [-0.25, -0.2) is 0 Å². The number of fused-ring (bicyclic) bond motifs is 5. The van der Waals surface area contributed by atoms with Gasteiger partial charge in [-0.1, -0.05) is 74.8 Å². The van der Waals surface area contributed by atoms with E-state index in [4.69, 9.17) is 0 Å². The number of carbonyl (C=O) groups is 2. The van der Waals surface area contributed by atoms with Crippen molar-refractivity contribution in [3.05, 3.63) is 11.6 Å². The van der Waals surface area contributed by atoms with Crippen molar-refractivity contribution in [1.29, 1.82) is 0 Å². The molecular weight excluding hydrogens is 416 g/mol. The maximum Gasteiger partial charge on any atom is 0.159 e. The molecule has 3 saturated carbocycles. The zero-order valence-corrected chi connectivity index (χ0v) is 23.9. The van der Waals surface area contributed by atoms with Gasteiger partial charge < -0.3 is 0 Å². The van der Waals surface area contributed by atoms with E-state index in [1.54, 1.807) is 0 Å². The molecule has 0 spiro atoms. The zero-order chi connectivity index (χ0) is 25.5. The molecule has 0 bridgehead atoms. The van der Waals surface area contributed by atoms with E-state index in [1.165, 1.54) is 44.1 Å². The molecule has 4 aliphatic rings. The first-order chi connectivity index (χ1) is 15.5. The van der Waals surface area contributed by atoms with E-state index in [9.17, 15) is 9.59 Å². The lowest BCUT2D eigenvalue weighted by atomic mass is 9.42. The Morgan fingerprint density at radius 2 is 1.65 bits per heavy atom. The Kier molecular flexibility index (Phi) is 6.18. The summed E-state index contributed by atoms with van der Waals surface area (Å²) in [7, 11) is 0. The van der Waals surface area contributed by atoms with Gasteiger partial charge in [-0.05, 0) is 95.9 Å². The summed E-state index contributed by atoms with van der Waals surface area (Å²) in [5, 5.41) is 0. The van der Waals surface area contributed by atoms with Crippen LogP contribution >= 0.6 is 0 Å². The molecule has 0 aliphatic heterocycles. The normalized spacial score (nSPS) is 43.6. The molecule has 2 heteroatoms. The third-order valence-electron chi connectivity index (χ3n) is 12.4. The second kappa shape index (κ2) is 8.04. The molecule has 2 nitrogen and oxygen atoms in total. The minimum absolute atomic E-state index is 0.0492. The lowest BCUT2D eigenvalue weighted by Crippen LogP contribution is -2.57. The van der Waals surface area contributed by atoms with Gasteiger partial charge in [0.2, 0.25) is 0 Å². The Morgan fingerprint density at radius 3 is 2.26 bits per heavy atom. The lowest BCUT2D eigenvalue weighted by Gasteiger charge is -2.62. The number of rotatable bonds is 4. The molecule has 0 aromatic heterocycles. The molecule has 0 amide bonds. The average molecular weight is 469 g/mol. The molecule has 0 aromatic rings. The molecule has 8 atom stereocenters. The fourth-order valence-corrected chi connectivity index (χ4v) is 9.45. The van der Waals surface area contributed by atoms with Gasteiger partial charge in [0.25, 0.3) is 0 Å². The number of ketones is 2. The Labute approximate surface area is 210 Å². The molecule has 0 aromatic carbocycles. The van der Waals surface area contributed by atoms with Gasteiger partial charge in [0.1, 0.15) is 5.78 Å². The molecule has 4 rings (SSSR count). The van der Waals surface area contributed by atoms with Gasteiger partial charge in [0.05, 0.1) is 0 Å². The summed E-state index contributed by atoms with van der Waals surface area (Å²) in [5.41, 5.74) is 2.40. The number of hydrogen-bond donors (Lipinski definition) is 0. The molecule has 34 heavy (non-hydrogen) atoms. The SMILES string of the molecule is C[C@H](CCC(C)(C)C)C(C)(C)[C@H]1CC[C@@]2(C)C3=CC(=O)[C@@H]4CC(=O)[C@@H](C)C[C@]4(C)C3CC[C@]12C. The number of hydrogen-bond acceptors (Lipinski definition) is 2. The quantitative estimate of drug-likeness (QED) is 0.415. The highest BCUT2D eigenvalue weighted by Gasteiger charge is 2.66. The Hall–Kier alpha value is -0.920. The van der Waals surface area contributed by atoms with Crippen molar-refractivity contribution in [3.8, 4) is 0 Å². The molecule has 0 N–H and O–H groups in total. The summed E-state index contributed by atoms with van der Waals surface area (Å²) in [6, 6.07) is 0. The third kappa shape index (κ3) is 3.71. The van der Waals surface area contributed by atoms with Crippen LogP contribution in [-0.2, 0) is 9.59 Å². The predicted molar refractivity (Wildman–Crippen MR) is 141 cm³/mol. The number of carbonyl (C=O) groups excluding carboxylic acids is 2. The first-order valence-electron chi connectivity index (χ1n) is 14.3. The monoisotopic (exact) mass is 468 g/mol. The van der Waals surface area contributed by atoms with E-state index in [0.29, 0.717) is 35.4 Å². The molecule has 4 aliphatic carbocycles. The van der Waals surface area contributed by atoms with Crippen molar-refractivity contribution >= 4 is 11.6 Å². The first-order valence-corrected chi connectivity index (χ1v) is 14.3. The topological polar surface area (TPSA) is 34.1 Å². The summed E-state index contributed by atoms with van der Waals surface area (Å²) >= 11 is 0. The van der Waals surface area contributed by atoms with Crippen molar-refractivity contribution in [2.75, 3.05) is 0 Å². The second-order valence-electron chi connectivity index (χ2n) is 15.6. The van der Waals surface area contributed by atoms with E-state index >= 15 is 0 Å². The summed E-state index contributed by atoms with van der Waals surface area (Å²) in [5.74, 6) is 2.37. The van der Waals surface area contributed by atoms with Gasteiger partial charge in [0, 0.05) is 18.3 Å². The Balaban J connectivity index is 1.67. The molecule has 3 fully saturated rings. The summed E-state index contributed by atoms with van der Waals surface area (Å²) < 4.78 is 0. The van der Waals surface area contributed by atoms with Crippen molar-refractivity contribution in [2.45, 2.75) is 121 Å². The number of Topliss-reactive ketones (excluding diaryl/α,β-unsaturated/α-hetero) is 1. The smallest absolute Gasteiger partial charge is 0.159 e. The molecule has 192 valence electrons. The predicted octanol–water partition coefficient (Wildman–Crippen LogP) is 8.44. The van der Waals surface area contributed by atoms with Crippen LogP contribution in [-0.4, -0.2) is 11.6 Å². The van der Waals surface area contributed by atoms with Crippen LogP contribution in [0.3, 0.4) is 0 Å². The van der Waals surface area contributed by atoms with Gasteiger partial charge >= 0.3 is 0 Å². The minimum Gasteiger partial charge on any atom is -0.299 e. The van der Waals surface area contributed by atoms with Crippen molar-refractivity contribution < 1.29 is 9.59 Å². The summed E-state index contributed by atoms with van der Waals surface area (Å²) in [4.78, 5) is 26.1. The standard InChI is InChI=1S/C32H52O2/c1-20-19-30(8)22-12-15-32(10)27(29(6,7)21(2)11-14-28(3,4)5)13-16-31(32,9)23(22)17-26(34)24(30)18-25(20)33/h17,20-22,24,27H,11-16,18-19H2,1-10H3/t20-,21+,22?,24-,27+,30+,31-,32+/m0/s1. The molecular formula is C32H52O2. The second-order valence-corrected chi connectivity index (χ2v) is 15.6. The van der Waals surface area contributed by atoms with Crippen LogP contribution in [0, 0.1) is 56.7 Å². The average Bonchev–Trinajstić information content (AvgIpc) is 3.00. The fourth-order valence-electron chi connectivity index (χ4n) is 9.45. The summed E-state index contributed by atoms with van der Waals surface area (Å²) in [6.45, 7) is 24.2. The van der Waals surface area contributed by atoms with Crippen molar-refractivity contribution in [3.63, 3.8) is 0 Å². The Morgan fingerprint density at radius 1 is 1.00 bits per heavy atom. The summed E-state index contributed by atoms with van der Waals surface area (Å²) in [6.07, 6.45) is 10.9. The highest BCUT2D eigenvalue weighted by Crippen LogP contribution is 2.73. The van der Waals surface area contributed by atoms with Gasteiger partial charge in [-0.15, -0.1) is 0 Å². The molecule has 0 heterocycles. The zero-order valence-electron chi connectivity index (χ0n) is 23.9. The maximum atomic E-state index is 13.5.